The molecule has 2 rings (SSSR count). The van der Waals surface area contributed by atoms with Crippen molar-refractivity contribution in [2.24, 2.45) is 0 Å². The Balaban J connectivity index is 2.11. The highest BCUT2D eigenvalue weighted by Crippen LogP contribution is 2.28. The molecule has 0 fully saturated rings. The number of methoxy groups -OCH3 is 1. The smallest absolute Gasteiger partial charge is 0.322 e. The summed E-state index contributed by atoms with van der Waals surface area (Å²) < 4.78 is 5.22. The number of rotatable bonds is 6. The van der Waals surface area contributed by atoms with Crippen LogP contribution >= 0.6 is 0 Å². The average Bonchev–Trinajstić information content (AvgIpc) is 2.60. The predicted octanol–water partition coefficient (Wildman–Crippen LogP) is 3.71. The van der Waals surface area contributed by atoms with Gasteiger partial charge in [0, 0.05) is 25.7 Å². The Morgan fingerprint density at radius 3 is 2.40 bits per heavy atom. The van der Waals surface area contributed by atoms with E-state index < -0.39 is 0 Å². The predicted molar refractivity (Wildman–Crippen MR) is 98.8 cm³/mol. The number of hydrogen-bond acceptors (Lipinski definition) is 3. The van der Waals surface area contributed by atoms with Gasteiger partial charge in [-0.1, -0.05) is 30.3 Å². The van der Waals surface area contributed by atoms with Crippen LogP contribution in [0.4, 0.5) is 16.2 Å². The average molecular weight is 341 g/mol. The number of carbonyl (C=O) groups is 2. The van der Waals surface area contributed by atoms with Crippen molar-refractivity contribution in [2.75, 3.05) is 24.3 Å². The molecule has 0 saturated heterocycles. The highest BCUT2D eigenvalue weighted by Gasteiger charge is 2.14. The Hall–Kier alpha value is -3.02. The fourth-order valence-corrected chi connectivity index (χ4v) is 2.41. The second-order valence-corrected chi connectivity index (χ2v) is 5.53. The Morgan fingerprint density at radius 1 is 1.08 bits per heavy atom. The normalized spacial score (nSPS) is 10.0. The molecular weight excluding hydrogens is 318 g/mol. The summed E-state index contributed by atoms with van der Waals surface area (Å²) in [5, 5.41) is 5.55. The van der Waals surface area contributed by atoms with Crippen LogP contribution in [0.15, 0.2) is 48.5 Å². The van der Waals surface area contributed by atoms with E-state index in [0.717, 1.165) is 5.56 Å². The lowest BCUT2D eigenvalue weighted by Gasteiger charge is -2.22. The van der Waals surface area contributed by atoms with Gasteiger partial charge in [-0.25, -0.2) is 4.79 Å². The van der Waals surface area contributed by atoms with E-state index in [4.69, 9.17) is 4.74 Å². The number of amides is 3. The lowest BCUT2D eigenvalue weighted by molar-refractivity contribution is -0.114. The third-order valence-electron chi connectivity index (χ3n) is 3.65. The zero-order valence-electron chi connectivity index (χ0n) is 14.7. The summed E-state index contributed by atoms with van der Waals surface area (Å²) in [7, 11) is 1.53. The van der Waals surface area contributed by atoms with Crippen LogP contribution in [0, 0.1) is 0 Å². The molecule has 0 heterocycles. The van der Waals surface area contributed by atoms with Crippen LogP contribution in [0.3, 0.4) is 0 Å². The minimum atomic E-state index is -0.207. The van der Waals surface area contributed by atoms with E-state index in [0.29, 0.717) is 30.2 Å². The number of nitrogens with one attached hydrogen (secondary N) is 2. The molecule has 6 nitrogen and oxygen atoms in total. The fraction of sp³-hybridized carbons (Fsp3) is 0.263. The molecule has 0 atom stereocenters. The van der Waals surface area contributed by atoms with Crippen molar-refractivity contribution in [1.29, 1.82) is 0 Å². The lowest BCUT2D eigenvalue weighted by atomic mass is 10.2. The first-order valence-corrected chi connectivity index (χ1v) is 8.09. The quantitative estimate of drug-likeness (QED) is 0.841. The third-order valence-corrected chi connectivity index (χ3v) is 3.65. The van der Waals surface area contributed by atoms with Gasteiger partial charge in [-0.3, -0.25) is 4.79 Å². The number of anilines is 2. The molecule has 2 N–H and O–H groups in total. The third kappa shape index (κ3) is 5.24. The highest BCUT2D eigenvalue weighted by atomic mass is 16.5. The zero-order valence-corrected chi connectivity index (χ0v) is 14.7. The Bertz CT molecular complexity index is 732. The molecule has 3 amide bonds. The summed E-state index contributed by atoms with van der Waals surface area (Å²) in [6.07, 6.45) is 0. The summed E-state index contributed by atoms with van der Waals surface area (Å²) in [5.41, 5.74) is 2.16. The molecule has 0 aromatic heterocycles. The number of hydrogen-bond donors (Lipinski definition) is 2. The van der Waals surface area contributed by atoms with Crippen LogP contribution < -0.4 is 15.4 Å². The summed E-state index contributed by atoms with van der Waals surface area (Å²) >= 11 is 0. The molecule has 25 heavy (non-hydrogen) atoms. The van der Waals surface area contributed by atoms with Crippen LogP contribution in [0.25, 0.3) is 0 Å². The lowest BCUT2D eigenvalue weighted by Crippen LogP contribution is -2.34. The first-order valence-electron chi connectivity index (χ1n) is 8.09. The van der Waals surface area contributed by atoms with E-state index in [9.17, 15) is 9.59 Å². The maximum absolute atomic E-state index is 12.5. The molecule has 2 aromatic rings. The van der Waals surface area contributed by atoms with Crippen molar-refractivity contribution in [3.05, 3.63) is 54.1 Å². The van der Waals surface area contributed by atoms with Crippen molar-refractivity contribution in [2.45, 2.75) is 20.4 Å². The molecule has 0 unspecified atom stereocenters. The fourth-order valence-electron chi connectivity index (χ4n) is 2.41. The van der Waals surface area contributed by atoms with Crippen molar-refractivity contribution in [3.63, 3.8) is 0 Å². The summed E-state index contributed by atoms with van der Waals surface area (Å²) in [4.78, 5) is 25.5. The van der Waals surface area contributed by atoms with Crippen molar-refractivity contribution in [1.82, 2.24) is 4.90 Å². The first-order chi connectivity index (χ1) is 12.0. The summed E-state index contributed by atoms with van der Waals surface area (Å²) in [5.74, 6) is 0.325. The van der Waals surface area contributed by atoms with E-state index >= 15 is 0 Å². The number of benzene rings is 2. The van der Waals surface area contributed by atoms with Gasteiger partial charge < -0.3 is 20.3 Å². The van der Waals surface area contributed by atoms with Gasteiger partial charge in [0.25, 0.3) is 0 Å². The molecule has 0 aliphatic rings. The van der Waals surface area contributed by atoms with E-state index in [1.807, 2.05) is 37.3 Å². The molecule has 0 radical (unpaired) electrons. The molecule has 2 aromatic carbocycles. The van der Waals surface area contributed by atoms with Crippen LogP contribution in [0.2, 0.25) is 0 Å². The molecule has 6 heteroatoms. The summed E-state index contributed by atoms with van der Waals surface area (Å²) in [6, 6.07) is 14.7. The van der Waals surface area contributed by atoms with E-state index in [-0.39, 0.29) is 11.9 Å². The maximum Gasteiger partial charge on any atom is 0.322 e. The van der Waals surface area contributed by atoms with Gasteiger partial charge in [0.1, 0.15) is 5.75 Å². The Kier molecular flexibility index (Phi) is 6.39. The second kappa shape index (κ2) is 8.73. The number of ether oxygens (including phenoxy) is 1. The van der Waals surface area contributed by atoms with Gasteiger partial charge in [-0.2, -0.15) is 0 Å². The Morgan fingerprint density at radius 2 is 1.80 bits per heavy atom. The topological polar surface area (TPSA) is 70.7 Å². The molecule has 0 bridgehead atoms. The summed E-state index contributed by atoms with van der Waals surface area (Å²) in [6.45, 7) is 4.45. The van der Waals surface area contributed by atoms with Gasteiger partial charge in [0.15, 0.2) is 0 Å². The van der Waals surface area contributed by atoms with Gasteiger partial charge >= 0.3 is 6.03 Å². The standard InChI is InChI=1S/C19H23N3O3/c1-4-22(13-15-8-6-5-7-9-15)19(24)21-16-10-11-18(25-3)17(12-16)20-14(2)23/h5-12H,4,13H2,1-3H3,(H,20,23)(H,21,24). The molecule has 0 aliphatic carbocycles. The number of urea groups is 1. The molecule has 0 aliphatic heterocycles. The Labute approximate surface area is 147 Å². The molecule has 0 saturated carbocycles. The number of carbonyl (C=O) groups excluding carboxylic acids is 2. The molecular formula is C19H23N3O3. The minimum absolute atomic E-state index is 0.203. The van der Waals surface area contributed by atoms with E-state index in [1.54, 1.807) is 23.1 Å². The van der Waals surface area contributed by atoms with Crippen molar-refractivity contribution in [3.8, 4) is 5.75 Å². The largest absolute Gasteiger partial charge is 0.495 e. The highest BCUT2D eigenvalue weighted by molar-refractivity contribution is 5.94. The van der Waals surface area contributed by atoms with Gasteiger partial charge in [-0.15, -0.1) is 0 Å². The van der Waals surface area contributed by atoms with Crippen LogP contribution in [-0.2, 0) is 11.3 Å². The van der Waals surface area contributed by atoms with Gasteiger partial charge in [0.2, 0.25) is 5.91 Å². The van der Waals surface area contributed by atoms with Gasteiger partial charge in [0.05, 0.1) is 12.8 Å². The second-order valence-electron chi connectivity index (χ2n) is 5.53. The SMILES string of the molecule is CCN(Cc1ccccc1)C(=O)Nc1ccc(OC)c(NC(C)=O)c1. The van der Waals surface area contributed by atoms with Crippen LogP contribution in [0.5, 0.6) is 5.75 Å². The van der Waals surface area contributed by atoms with Gasteiger partial charge in [-0.05, 0) is 30.7 Å². The van der Waals surface area contributed by atoms with Crippen molar-refractivity contribution < 1.29 is 14.3 Å². The minimum Gasteiger partial charge on any atom is -0.495 e. The zero-order chi connectivity index (χ0) is 18.2. The van der Waals surface area contributed by atoms with E-state index in [1.165, 1.54) is 14.0 Å². The van der Waals surface area contributed by atoms with E-state index in [2.05, 4.69) is 10.6 Å². The first kappa shape index (κ1) is 18.3. The maximum atomic E-state index is 12.5. The van der Waals surface area contributed by atoms with Crippen LogP contribution in [-0.4, -0.2) is 30.5 Å². The molecule has 0 spiro atoms. The molecule has 132 valence electrons. The van der Waals surface area contributed by atoms with Crippen molar-refractivity contribution >= 4 is 23.3 Å². The van der Waals surface area contributed by atoms with Crippen LogP contribution in [0.1, 0.15) is 19.4 Å². The number of nitrogens with zero attached hydrogens (tertiary/aromatic N) is 1. The monoisotopic (exact) mass is 341 g/mol.